The monoisotopic (exact) mass is 376 g/mol. The van der Waals surface area contributed by atoms with Gasteiger partial charge in [-0.3, -0.25) is 4.90 Å². The van der Waals surface area contributed by atoms with Gasteiger partial charge >= 0.3 is 5.97 Å². The van der Waals surface area contributed by atoms with Crippen molar-refractivity contribution in [1.29, 1.82) is 0 Å². The van der Waals surface area contributed by atoms with Crippen molar-refractivity contribution in [1.82, 2.24) is 9.88 Å². The zero-order chi connectivity index (χ0) is 18.4. The minimum absolute atomic E-state index is 0.0784. The number of benzene rings is 1. The molecule has 1 fully saturated rings. The van der Waals surface area contributed by atoms with Crippen molar-refractivity contribution in [3.63, 3.8) is 0 Å². The van der Waals surface area contributed by atoms with Gasteiger partial charge in [0.05, 0.1) is 19.3 Å². The molecule has 6 nitrogen and oxygen atoms in total. The Bertz CT molecular complexity index is 756. The molecule has 0 bridgehead atoms. The Morgan fingerprint density at radius 3 is 3.00 bits per heavy atom. The minimum atomic E-state index is -0.319. The molecule has 0 amide bonds. The van der Waals surface area contributed by atoms with E-state index in [4.69, 9.17) is 25.8 Å². The van der Waals surface area contributed by atoms with Crippen LogP contribution in [-0.2, 0) is 16.0 Å². The van der Waals surface area contributed by atoms with Crippen molar-refractivity contribution < 1.29 is 19.0 Å². The average molecular weight is 377 g/mol. The van der Waals surface area contributed by atoms with Gasteiger partial charge in [0, 0.05) is 25.8 Å². The summed E-state index contributed by atoms with van der Waals surface area (Å²) in [5.41, 5.74) is 1.53. The number of methoxy groups -OCH3 is 1. The van der Waals surface area contributed by atoms with Crippen LogP contribution in [0.25, 0.3) is 0 Å². The third kappa shape index (κ3) is 4.72. The van der Waals surface area contributed by atoms with Crippen LogP contribution in [0.2, 0.25) is 5.15 Å². The lowest BCUT2D eigenvalue weighted by Crippen LogP contribution is -2.44. The van der Waals surface area contributed by atoms with Gasteiger partial charge in [-0.15, -0.1) is 0 Å². The second-order valence-corrected chi connectivity index (χ2v) is 6.34. The van der Waals surface area contributed by atoms with Gasteiger partial charge in [0.1, 0.15) is 12.7 Å². The van der Waals surface area contributed by atoms with Gasteiger partial charge in [0.15, 0.2) is 10.9 Å². The molecule has 1 aliphatic rings. The molecule has 0 aliphatic carbocycles. The average Bonchev–Trinajstić information content (AvgIpc) is 2.67. The molecule has 1 aromatic carbocycles. The summed E-state index contributed by atoms with van der Waals surface area (Å²) >= 11 is 6.01. The molecule has 1 unspecified atom stereocenters. The predicted octanol–water partition coefficient (Wildman–Crippen LogP) is 2.80. The van der Waals surface area contributed by atoms with E-state index in [0.717, 1.165) is 12.1 Å². The van der Waals surface area contributed by atoms with E-state index >= 15 is 0 Å². The lowest BCUT2D eigenvalue weighted by atomic mass is 10.1. The van der Waals surface area contributed by atoms with Gasteiger partial charge in [-0.2, -0.15) is 0 Å². The van der Waals surface area contributed by atoms with Crippen LogP contribution < -0.4 is 4.74 Å². The number of nitrogens with zero attached hydrogens (tertiary/aromatic N) is 2. The lowest BCUT2D eigenvalue weighted by Gasteiger charge is -2.33. The number of esters is 1. The van der Waals surface area contributed by atoms with Gasteiger partial charge < -0.3 is 14.2 Å². The van der Waals surface area contributed by atoms with E-state index < -0.39 is 0 Å². The van der Waals surface area contributed by atoms with Crippen molar-refractivity contribution in [2.24, 2.45) is 0 Å². The molecule has 1 aromatic heterocycles. The molecule has 2 heterocycles. The summed E-state index contributed by atoms with van der Waals surface area (Å²) in [5.74, 6) is 0.228. The Kier molecular flexibility index (Phi) is 6.44. The van der Waals surface area contributed by atoms with Crippen LogP contribution in [-0.4, -0.2) is 55.4 Å². The highest BCUT2D eigenvalue weighted by Crippen LogP contribution is 2.21. The summed E-state index contributed by atoms with van der Waals surface area (Å²) in [7, 11) is 1.39. The van der Waals surface area contributed by atoms with E-state index in [1.807, 2.05) is 18.2 Å². The summed E-state index contributed by atoms with van der Waals surface area (Å²) in [4.78, 5) is 18.2. The van der Waals surface area contributed by atoms with Gasteiger partial charge in [0.2, 0.25) is 0 Å². The molecule has 0 N–H and O–H groups in total. The van der Waals surface area contributed by atoms with E-state index in [-0.39, 0.29) is 12.1 Å². The smallest absolute Gasteiger partial charge is 0.338 e. The van der Waals surface area contributed by atoms with Crippen LogP contribution in [0.4, 0.5) is 0 Å². The van der Waals surface area contributed by atoms with E-state index in [9.17, 15) is 4.79 Å². The first-order valence-electron chi connectivity index (χ1n) is 8.41. The molecule has 3 rings (SSSR count). The number of morpholine rings is 1. The lowest BCUT2D eigenvalue weighted by molar-refractivity contribution is -0.0505. The van der Waals surface area contributed by atoms with Crippen molar-refractivity contribution in [2.45, 2.75) is 12.6 Å². The first-order chi connectivity index (χ1) is 12.7. The first kappa shape index (κ1) is 18.6. The van der Waals surface area contributed by atoms with Gasteiger partial charge in [0.25, 0.3) is 0 Å². The maximum atomic E-state index is 11.9. The molecule has 7 heteroatoms. The highest BCUT2D eigenvalue weighted by molar-refractivity contribution is 6.30. The van der Waals surface area contributed by atoms with Crippen LogP contribution in [0.3, 0.4) is 0 Å². The third-order valence-electron chi connectivity index (χ3n) is 4.19. The zero-order valence-corrected chi connectivity index (χ0v) is 15.3. The molecule has 0 spiro atoms. The summed E-state index contributed by atoms with van der Waals surface area (Å²) in [5, 5.41) is 0.340. The zero-order valence-electron chi connectivity index (χ0n) is 14.6. The Labute approximate surface area is 157 Å². The normalized spacial score (nSPS) is 17.7. The van der Waals surface area contributed by atoms with Crippen LogP contribution in [0.15, 0.2) is 42.6 Å². The minimum Gasteiger partial charge on any atom is -0.488 e. The molecular formula is C19H21ClN2O4. The van der Waals surface area contributed by atoms with Gasteiger partial charge in [-0.25, -0.2) is 9.78 Å². The van der Waals surface area contributed by atoms with Crippen molar-refractivity contribution >= 4 is 17.6 Å². The molecule has 26 heavy (non-hydrogen) atoms. The van der Waals surface area contributed by atoms with Crippen molar-refractivity contribution in [2.75, 3.05) is 33.4 Å². The van der Waals surface area contributed by atoms with E-state index in [1.165, 1.54) is 7.11 Å². The van der Waals surface area contributed by atoms with Gasteiger partial charge in [-0.05, 0) is 23.8 Å². The number of pyridine rings is 1. The summed E-state index contributed by atoms with van der Waals surface area (Å²) in [6, 6.07) is 11.0. The van der Waals surface area contributed by atoms with Crippen molar-refractivity contribution in [3.05, 3.63) is 58.9 Å². The highest BCUT2D eigenvalue weighted by Gasteiger charge is 2.23. The molecule has 1 saturated heterocycles. The fourth-order valence-electron chi connectivity index (χ4n) is 2.89. The van der Waals surface area contributed by atoms with Crippen LogP contribution >= 0.6 is 11.6 Å². The quantitative estimate of drug-likeness (QED) is 0.570. The number of carbonyl (C=O) groups excluding carboxylic acids is 1. The van der Waals surface area contributed by atoms with Crippen LogP contribution in [0.5, 0.6) is 5.75 Å². The highest BCUT2D eigenvalue weighted by atomic mass is 35.5. The van der Waals surface area contributed by atoms with Gasteiger partial charge in [-0.1, -0.05) is 29.8 Å². The summed E-state index contributed by atoms with van der Waals surface area (Å²) in [6.45, 7) is 3.14. The SMILES string of the molecule is COC(=O)c1ccccc1CN1CCOC(COc2cccnc2Cl)C1. The fourth-order valence-corrected chi connectivity index (χ4v) is 3.07. The van der Waals surface area contributed by atoms with Crippen molar-refractivity contribution in [3.8, 4) is 5.75 Å². The number of hydrogen-bond acceptors (Lipinski definition) is 6. The first-order valence-corrected chi connectivity index (χ1v) is 8.78. The second-order valence-electron chi connectivity index (χ2n) is 5.98. The largest absolute Gasteiger partial charge is 0.488 e. The summed E-state index contributed by atoms with van der Waals surface area (Å²) in [6.07, 6.45) is 1.54. The topological polar surface area (TPSA) is 60.9 Å². The molecular weight excluding hydrogens is 356 g/mol. The standard InChI is InChI=1S/C19H21ClN2O4/c1-24-19(23)16-6-3-2-5-14(16)11-22-9-10-25-15(12-22)13-26-17-7-4-8-21-18(17)20/h2-8,15H,9-13H2,1H3. The number of ether oxygens (including phenoxy) is 3. The number of rotatable bonds is 6. The number of hydrogen-bond donors (Lipinski definition) is 0. The second kappa shape index (κ2) is 8.98. The summed E-state index contributed by atoms with van der Waals surface area (Å²) < 4.78 is 16.4. The Balaban J connectivity index is 1.59. The Hall–Kier alpha value is -2.15. The third-order valence-corrected chi connectivity index (χ3v) is 4.47. The predicted molar refractivity (Wildman–Crippen MR) is 97.5 cm³/mol. The Morgan fingerprint density at radius 1 is 1.35 bits per heavy atom. The molecule has 2 aromatic rings. The molecule has 0 saturated carbocycles. The fraction of sp³-hybridized carbons (Fsp3) is 0.368. The molecule has 1 aliphatic heterocycles. The maximum Gasteiger partial charge on any atom is 0.338 e. The van der Waals surface area contributed by atoms with E-state index in [0.29, 0.717) is 42.8 Å². The molecule has 138 valence electrons. The van der Waals surface area contributed by atoms with Crippen LogP contribution in [0.1, 0.15) is 15.9 Å². The molecule has 1 atom stereocenters. The maximum absolute atomic E-state index is 11.9. The Morgan fingerprint density at radius 2 is 2.19 bits per heavy atom. The van der Waals surface area contributed by atoms with E-state index in [2.05, 4.69) is 9.88 Å². The number of halogens is 1. The molecule has 0 radical (unpaired) electrons. The number of aromatic nitrogens is 1. The van der Waals surface area contributed by atoms with Crippen LogP contribution in [0, 0.1) is 0 Å². The number of carbonyl (C=O) groups is 1. The van der Waals surface area contributed by atoms with E-state index in [1.54, 1.807) is 24.4 Å².